The number of amides is 1. The van der Waals surface area contributed by atoms with Gasteiger partial charge in [-0.25, -0.2) is 9.59 Å². The van der Waals surface area contributed by atoms with Crippen molar-refractivity contribution in [1.82, 2.24) is 5.32 Å². The molecule has 408 valence electrons. The predicted molar refractivity (Wildman–Crippen MR) is 278 cm³/mol. The summed E-state index contributed by atoms with van der Waals surface area (Å²) in [6.07, 6.45) is -9.52. The molecule has 1 saturated heterocycles. The van der Waals surface area contributed by atoms with E-state index in [-0.39, 0.29) is 49.0 Å². The number of aldehydes is 1. The molecule has 2 saturated carbocycles. The normalized spacial score (nSPS) is 28.5. The zero-order chi connectivity index (χ0) is 55.8. The van der Waals surface area contributed by atoms with Crippen molar-refractivity contribution in [3.05, 3.63) is 119 Å². The van der Waals surface area contributed by atoms with Crippen LogP contribution < -0.4 is 5.32 Å². The van der Waals surface area contributed by atoms with Gasteiger partial charge in [0, 0.05) is 50.5 Å². The van der Waals surface area contributed by atoms with Gasteiger partial charge in [-0.1, -0.05) is 101 Å². The lowest BCUT2D eigenvalue weighted by Gasteiger charge is -2.67. The van der Waals surface area contributed by atoms with Gasteiger partial charge in [0.2, 0.25) is 0 Å². The minimum absolute atomic E-state index is 0.00289. The molecular weight excluding hydrogens is 995 g/mol. The third kappa shape index (κ3) is 10.7. The number of benzene rings is 3. The van der Waals surface area contributed by atoms with Gasteiger partial charge in [0.25, 0.3) is 5.91 Å². The summed E-state index contributed by atoms with van der Waals surface area (Å²) < 4.78 is 45.0. The fourth-order valence-electron chi connectivity index (χ4n) is 11.5. The van der Waals surface area contributed by atoms with Crippen LogP contribution in [0, 0.1) is 16.7 Å². The highest BCUT2D eigenvalue weighted by Gasteiger charge is 2.79. The fourth-order valence-corrected chi connectivity index (χ4v) is 12.7. The molecule has 0 radical (unpaired) electrons. The van der Waals surface area contributed by atoms with Crippen LogP contribution in [0.25, 0.3) is 0 Å². The molecule has 18 heteroatoms. The molecular formula is C58H71NO16Si. The molecule has 4 aliphatic rings. The van der Waals surface area contributed by atoms with Crippen LogP contribution in [-0.4, -0.2) is 116 Å². The fraction of sp³-hybridized carbons (Fsp3) is 0.517. The summed E-state index contributed by atoms with van der Waals surface area (Å²) in [5, 5.41) is 16.8. The van der Waals surface area contributed by atoms with Gasteiger partial charge in [-0.05, 0) is 79.4 Å². The topological polar surface area (TPSA) is 233 Å². The number of ketones is 1. The Morgan fingerprint density at radius 3 is 1.97 bits per heavy atom. The molecule has 3 aromatic carbocycles. The van der Waals surface area contributed by atoms with E-state index in [9.17, 15) is 33.9 Å². The minimum Gasteiger partial charge on any atom is -0.461 e. The highest BCUT2D eigenvalue weighted by atomic mass is 28.4. The van der Waals surface area contributed by atoms with Crippen LogP contribution in [0.3, 0.4) is 0 Å². The number of Topliss-reactive ketones (excluding diaryl/α,β-unsaturated/α-hetero) is 1. The summed E-state index contributed by atoms with van der Waals surface area (Å²) in [5.74, 6) is -7.42. The van der Waals surface area contributed by atoms with Crippen LogP contribution in [0.4, 0.5) is 0 Å². The number of fused-ring (bicyclic) bond motifs is 5. The van der Waals surface area contributed by atoms with Crippen molar-refractivity contribution < 1.29 is 76.3 Å². The number of hydrogen-bond donors (Lipinski definition) is 2. The Hall–Kier alpha value is -6.34. The minimum atomic E-state index is -2.98. The first-order chi connectivity index (χ1) is 35.6. The Morgan fingerprint density at radius 2 is 1.43 bits per heavy atom. The van der Waals surface area contributed by atoms with Gasteiger partial charge in [-0.3, -0.25) is 24.0 Å². The van der Waals surface area contributed by atoms with Crippen LogP contribution in [0.5, 0.6) is 0 Å². The molecule has 2 unspecified atom stereocenters. The molecule has 3 aromatic rings. The average molecular weight is 1070 g/mol. The molecule has 3 aliphatic carbocycles. The average Bonchev–Trinajstić information content (AvgIpc) is 3.38. The van der Waals surface area contributed by atoms with E-state index in [0.717, 1.165) is 13.8 Å². The number of rotatable bonds is 17. The summed E-state index contributed by atoms with van der Waals surface area (Å²) in [7, 11) is -2.98. The second kappa shape index (κ2) is 21.9. The second-order valence-electron chi connectivity index (χ2n) is 22.7. The first-order valence-corrected chi connectivity index (χ1v) is 28.7. The summed E-state index contributed by atoms with van der Waals surface area (Å²) in [6.45, 7) is 18.0. The SMILES string of the molecule is CC(=O)O[C@H]1C(=O)[C@]2(C)[C@@H](OC(=O)CCCC=O)C[C@H]3OC[C@@]3(OC(C)=O)[C@H]2[C@H](OC(=O)c2ccccc2)[C@]2(O)CC(OC(=O)[C@H](O[Si](C)(C)C(C)(C)C)C(NC(=O)c3ccccc3)c3ccccc3)C(C)=C1C2(C)C. The summed E-state index contributed by atoms with van der Waals surface area (Å²) in [5.41, 5.74) is -7.10. The highest BCUT2D eigenvalue weighted by molar-refractivity contribution is 6.74. The molecule has 7 rings (SSSR count). The lowest BCUT2D eigenvalue weighted by atomic mass is 9.44. The van der Waals surface area contributed by atoms with E-state index in [4.69, 9.17) is 32.8 Å². The third-order valence-electron chi connectivity index (χ3n) is 16.6. The Balaban J connectivity index is 1.47. The van der Waals surface area contributed by atoms with E-state index in [1.54, 1.807) is 99.6 Å². The number of unbranched alkanes of at least 4 members (excludes halogenated alkanes) is 1. The molecule has 0 spiro atoms. The Labute approximate surface area is 444 Å². The maximum atomic E-state index is 16.3. The number of nitrogens with one attached hydrogen (secondary N) is 1. The quantitative estimate of drug-likeness (QED) is 0.0329. The van der Waals surface area contributed by atoms with Gasteiger partial charge in [0.15, 0.2) is 31.9 Å². The van der Waals surface area contributed by atoms with E-state index in [0.29, 0.717) is 17.4 Å². The maximum absolute atomic E-state index is 16.3. The van der Waals surface area contributed by atoms with Gasteiger partial charge in [-0.15, -0.1) is 0 Å². The molecule has 2 bridgehead atoms. The van der Waals surface area contributed by atoms with Gasteiger partial charge >= 0.3 is 29.8 Å². The molecule has 1 aliphatic heterocycles. The van der Waals surface area contributed by atoms with Crippen molar-refractivity contribution in [3.8, 4) is 0 Å². The monoisotopic (exact) mass is 1070 g/mol. The summed E-state index contributed by atoms with van der Waals surface area (Å²) in [4.78, 5) is 113. The molecule has 0 aromatic heterocycles. The van der Waals surface area contributed by atoms with Crippen molar-refractivity contribution in [1.29, 1.82) is 0 Å². The Kier molecular flexibility index (Phi) is 16.6. The summed E-state index contributed by atoms with van der Waals surface area (Å²) in [6, 6.07) is 24.0. The van der Waals surface area contributed by atoms with Crippen LogP contribution in [0.2, 0.25) is 18.1 Å². The van der Waals surface area contributed by atoms with Crippen molar-refractivity contribution in [3.63, 3.8) is 0 Å². The third-order valence-corrected chi connectivity index (χ3v) is 21.1. The van der Waals surface area contributed by atoms with Crippen LogP contribution >= 0.6 is 0 Å². The molecule has 76 heavy (non-hydrogen) atoms. The maximum Gasteiger partial charge on any atom is 0.338 e. The zero-order valence-corrected chi connectivity index (χ0v) is 46.2. The van der Waals surface area contributed by atoms with E-state index in [1.807, 2.05) is 33.9 Å². The number of carbonyl (C=O) groups excluding carboxylic acids is 8. The number of aliphatic hydroxyl groups is 1. The molecule has 2 N–H and O–H groups in total. The molecule has 1 amide bonds. The van der Waals surface area contributed by atoms with Crippen molar-refractivity contribution >= 4 is 56.1 Å². The highest BCUT2D eigenvalue weighted by Crippen LogP contribution is 2.65. The first kappa shape index (κ1) is 57.4. The number of hydrogen-bond acceptors (Lipinski definition) is 16. The predicted octanol–water partition coefficient (Wildman–Crippen LogP) is 7.69. The summed E-state index contributed by atoms with van der Waals surface area (Å²) >= 11 is 0. The van der Waals surface area contributed by atoms with E-state index in [2.05, 4.69) is 5.32 Å². The van der Waals surface area contributed by atoms with Crippen molar-refractivity contribution in [2.24, 2.45) is 16.7 Å². The smallest absolute Gasteiger partial charge is 0.338 e. The van der Waals surface area contributed by atoms with E-state index < -0.39 is 132 Å². The van der Waals surface area contributed by atoms with Gasteiger partial charge < -0.3 is 48.1 Å². The number of carbonyl (C=O) groups is 8. The van der Waals surface area contributed by atoms with Gasteiger partial charge in [-0.2, -0.15) is 0 Å². The van der Waals surface area contributed by atoms with Crippen LogP contribution in [0.15, 0.2) is 102 Å². The van der Waals surface area contributed by atoms with E-state index >= 15 is 9.59 Å². The zero-order valence-electron chi connectivity index (χ0n) is 45.2. The lowest BCUT2D eigenvalue weighted by molar-refractivity contribution is -0.346. The lowest BCUT2D eigenvalue weighted by Crippen LogP contribution is -2.82. The van der Waals surface area contributed by atoms with Crippen molar-refractivity contribution in [2.45, 2.75) is 166 Å². The first-order valence-electron chi connectivity index (χ1n) is 25.8. The van der Waals surface area contributed by atoms with Crippen LogP contribution in [-0.2, 0) is 61.6 Å². The Bertz CT molecular complexity index is 2740. The Morgan fingerprint density at radius 1 is 0.842 bits per heavy atom. The largest absolute Gasteiger partial charge is 0.461 e. The molecule has 11 atom stereocenters. The van der Waals surface area contributed by atoms with Gasteiger partial charge in [0.1, 0.15) is 36.3 Å². The molecule has 17 nitrogen and oxygen atoms in total. The number of ether oxygens (including phenoxy) is 6. The van der Waals surface area contributed by atoms with E-state index in [1.165, 1.54) is 19.1 Å². The molecule has 3 fully saturated rings. The van der Waals surface area contributed by atoms with Crippen molar-refractivity contribution in [2.75, 3.05) is 6.61 Å². The second-order valence-corrected chi connectivity index (χ2v) is 27.5. The number of esters is 5. The standard InChI is InChI=1S/C58H71NO16Si/c1-34-40(71-53(67)47(75-76(10,11)54(4,5)6)45(37-23-15-12-16-24-37)59-51(65)38-25-17-13-18-26-38)32-58(68)50(73-52(66)39-27-19-14-20-28-39)48-56(9,49(64)46(70-35(2)61)44(34)55(58,7)8)41(72-43(63)29-21-22-30-60)31-42-57(48,33-69-42)74-36(3)62/h12-20,23-28,30,40-42,45-48,50,68H,21-22,29,31-33H2,1-11H3,(H,59,65)/t40?,41-,42+,45?,46+,47+,48-,50-,56+,57-,58+/m0/s1. The van der Waals surface area contributed by atoms with Crippen LogP contribution in [0.1, 0.15) is 127 Å². The molecule has 1 heterocycles. The van der Waals surface area contributed by atoms with Gasteiger partial charge in [0.05, 0.1) is 29.5 Å².